The molecule has 0 aliphatic heterocycles. The van der Waals surface area contributed by atoms with E-state index in [9.17, 15) is 0 Å². The van der Waals surface area contributed by atoms with Crippen molar-refractivity contribution in [3.8, 4) is 0 Å². The van der Waals surface area contributed by atoms with Crippen LogP contribution in [0.4, 0.5) is 0 Å². The van der Waals surface area contributed by atoms with Crippen LogP contribution in [0.3, 0.4) is 0 Å². The molecule has 0 aromatic rings. The lowest BCUT2D eigenvalue weighted by Crippen LogP contribution is -2.38. The molecular formula is C9H17N. The Balaban J connectivity index is 2.13. The van der Waals surface area contributed by atoms with Crippen LogP contribution >= 0.6 is 0 Å². The fourth-order valence-electron chi connectivity index (χ4n) is 2.83. The molecule has 4 unspecified atom stereocenters. The molecule has 0 saturated heterocycles. The summed E-state index contributed by atoms with van der Waals surface area (Å²) in [6.45, 7) is 2.37. The summed E-state index contributed by atoms with van der Waals surface area (Å²) < 4.78 is 0. The van der Waals surface area contributed by atoms with Crippen LogP contribution in [-0.4, -0.2) is 6.04 Å². The van der Waals surface area contributed by atoms with Crippen molar-refractivity contribution < 1.29 is 0 Å². The summed E-state index contributed by atoms with van der Waals surface area (Å²) in [5.41, 5.74) is 6.07. The highest BCUT2D eigenvalue weighted by molar-refractivity contribution is 4.94. The summed E-state index contributed by atoms with van der Waals surface area (Å²) >= 11 is 0. The molecular weight excluding hydrogens is 122 g/mol. The zero-order valence-electron chi connectivity index (χ0n) is 6.72. The average Bonchev–Trinajstić information content (AvgIpc) is 2.13. The molecule has 2 bridgehead atoms. The summed E-state index contributed by atoms with van der Waals surface area (Å²) in [4.78, 5) is 0. The van der Waals surface area contributed by atoms with E-state index in [0.717, 1.165) is 17.8 Å². The van der Waals surface area contributed by atoms with Crippen molar-refractivity contribution in [3.05, 3.63) is 0 Å². The van der Waals surface area contributed by atoms with Crippen molar-refractivity contribution in [1.29, 1.82) is 0 Å². The van der Waals surface area contributed by atoms with Gasteiger partial charge in [0.15, 0.2) is 0 Å². The zero-order valence-corrected chi connectivity index (χ0v) is 6.72. The lowest BCUT2D eigenvalue weighted by Gasteiger charge is -2.31. The Morgan fingerprint density at radius 1 is 1.10 bits per heavy atom. The summed E-state index contributed by atoms with van der Waals surface area (Å²) in [7, 11) is 0. The minimum absolute atomic E-state index is 0.559. The molecule has 2 saturated carbocycles. The lowest BCUT2D eigenvalue weighted by molar-refractivity contribution is 0.226. The van der Waals surface area contributed by atoms with Gasteiger partial charge in [0.1, 0.15) is 0 Å². The van der Waals surface area contributed by atoms with E-state index in [1.807, 2.05) is 0 Å². The molecule has 4 atom stereocenters. The van der Waals surface area contributed by atoms with Gasteiger partial charge in [0.25, 0.3) is 0 Å². The minimum Gasteiger partial charge on any atom is -0.327 e. The van der Waals surface area contributed by atoms with Gasteiger partial charge >= 0.3 is 0 Å². The van der Waals surface area contributed by atoms with Gasteiger partial charge in [-0.15, -0.1) is 0 Å². The van der Waals surface area contributed by atoms with Gasteiger partial charge in [-0.25, -0.2) is 0 Å². The molecule has 2 N–H and O–H groups in total. The molecule has 2 aliphatic rings. The maximum absolute atomic E-state index is 6.07. The van der Waals surface area contributed by atoms with Gasteiger partial charge in [-0.1, -0.05) is 13.3 Å². The molecule has 0 radical (unpaired) electrons. The van der Waals surface area contributed by atoms with Gasteiger partial charge in [-0.05, 0) is 37.0 Å². The van der Waals surface area contributed by atoms with E-state index in [-0.39, 0.29) is 0 Å². The van der Waals surface area contributed by atoms with Crippen molar-refractivity contribution in [2.24, 2.45) is 23.5 Å². The highest BCUT2D eigenvalue weighted by atomic mass is 14.7. The van der Waals surface area contributed by atoms with E-state index in [0.29, 0.717) is 6.04 Å². The average molecular weight is 139 g/mol. The highest BCUT2D eigenvalue weighted by Gasteiger charge is 2.39. The minimum atomic E-state index is 0.559. The van der Waals surface area contributed by atoms with Crippen molar-refractivity contribution >= 4 is 0 Å². The standard InChI is InChI=1S/C9H17N/c1-6-2-3-7-4-5-8(6)9(7)10/h6-9H,2-5,10H2,1H3. The molecule has 0 heterocycles. The normalized spacial score (nSPS) is 53.4. The number of nitrogens with two attached hydrogens (primary N) is 1. The van der Waals surface area contributed by atoms with Gasteiger partial charge in [0.05, 0.1) is 0 Å². The van der Waals surface area contributed by atoms with E-state index in [4.69, 9.17) is 5.73 Å². The van der Waals surface area contributed by atoms with Gasteiger partial charge in [-0.3, -0.25) is 0 Å². The maximum atomic E-state index is 6.07. The van der Waals surface area contributed by atoms with Crippen LogP contribution in [-0.2, 0) is 0 Å². The smallest absolute Gasteiger partial charge is 0.00981 e. The molecule has 0 aromatic carbocycles. The number of rotatable bonds is 0. The number of hydrogen-bond acceptors (Lipinski definition) is 1. The summed E-state index contributed by atoms with van der Waals surface area (Å²) in [6, 6.07) is 0.559. The number of hydrogen-bond donors (Lipinski definition) is 1. The van der Waals surface area contributed by atoms with Crippen molar-refractivity contribution in [2.75, 3.05) is 0 Å². The third-order valence-electron chi connectivity index (χ3n) is 3.63. The molecule has 2 rings (SSSR count). The monoisotopic (exact) mass is 139 g/mol. The van der Waals surface area contributed by atoms with Gasteiger partial charge < -0.3 is 5.73 Å². The Morgan fingerprint density at radius 3 is 2.50 bits per heavy atom. The van der Waals surface area contributed by atoms with E-state index >= 15 is 0 Å². The van der Waals surface area contributed by atoms with Crippen molar-refractivity contribution in [2.45, 2.75) is 38.6 Å². The molecule has 10 heavy (non-hydrogen) atoms. The molecule has 2 fully saturated rings. The summed E-state index contributed by atoms with van der Waals surface area (Å²) in [5, 5.41) is 0. The van der Waals surface area contributed by atoms with Crippen LogP contribution in [0.2, 0.25) is 0 Å². The molecule has 0 aromatic heterocycles. The van der Waals surface area contributed by atoms with Crippen LogP contribution in [0.5, 0.6) is 0 Å². The highest BCUT2D eigenvalue weighted by Crippen LogP contribution is 2.44. The molecule has 2 aliphatic carbocycles. The second-order valence-corrected chi connectivity index (χ2v) is 4.13. The molecule has 1 nitrogen and oxygen atoms in total. The third kappa shape index (κ3) is 0.800. The Morgan fingerprint density at radius 2 is 1.80 bits per heavy atom. The van der Waals surface area contributed by atoms with Crippen LogP contribution in [0.1, 0.15) is 32.6 Å². The lowest BCUT2D eigenvalue weighted by atomic mass is 9.78. The van der Waals surface area contributed by atoms with E-state index in [2.05, 4.69) is 6.92 Å². The third-order valence-corrected chi connectivity index (χ3v) is 3.63. The Hall–Kier alpha value is -0.0400. The Kier molecular flexibility index (Phi) is 1.48. The van der Waals surface area contributed by atoms with Crippen LogP contribution in [0, 0.1) is 17.8 Å². The van der Waals surface area contributed by atoms with Crippen LogP contribution in [0.15, 0.2) is 0 Å². The van der Waals surface area contributed by atoms with Crippen molar-refractivity contribution in [1.82, 2.24) is 0 Å². The van der Waals surface area contributed by atoms with Gasteiger partial charge in [0.2, 0.25) is 0 Å². The fourth-order valence-corrected chi connectivity index (χ4v) is 2.83. The van der Waals surface area contributed by atoms with Gasteiger partial charge in [-0.2, -0.15) is 0 Å². The zero-order chi connectivity index (χ0) is 7.14. The molecule has 58 valence electrons. The topological polar surface area (TPSA) is 26.0 Å². The predicted molar refractivity (Wildman–Crippen MR) is 42.6 cm³/mol. The van der Waals surface area contributed by atoms with Gasteiger partial charge in [0, 0.05) is 6.04 Å². The Bertz CT molecular complexity index is 133. The fraction of sp³-hybridized carbons (Fsp3) is 1.00. The first-order valence-corrected chi connectivity index (χ1v) is 4.54. The first-order valence-electron chi connectivity index (χ1n) is 4.54. The second kappa shape index (κ2) is 2.23. The predicted octanol–water partition coefficient (Wildman–Crippen LogP) is 1.77. The molecule has 0 spiro atoms. The molecule has 1 heteroatoms. The Labute approximate surface area is 63.0 Å². The van der Waals surface area contributed by atoms with E-state index < -0.39 is 0 Å². The van der Waals surface area contributed by atoms with Crippen LogP contribution in [0.25, 0.3) is 0 Å². The summed E-state index contributed by atoms with van der Waals surface area (Å²) in [6.07, 6.45) is 5.66. The van der Waals surface area contributed by atoms with E-state index in [1.54, 1.807) is 0 Å². The first-order chi connectivity index (χ1) is 4.79. The maximum Gasteiger partial charge on any atom is 0.00981 e. The summed E-state index contributed by atoms with van der Waals surface area (Å²) in [5.74, 6) is 2.67. The SMILES string of the molecule is CC1CCC2CCC1C2N. The van der Waals surface area contributed by atoms with Crippen LogP contribution < -0.4 is 5.73 Å². The molecule has 0 amide bonds. The first kappa shape index (κ1) is 6.66. The second-order valence-electron chi connectivity index (χ2n) is 4.13. The largest absolute Gasteiger partial charge is 0.327 e. The van der Waals surface area contributed by atoms with Crippen molar-refractivity contribution in [3.63, 3.8) is 0 Å². The van der Waals surface area contributed by atoms with E-state index in [1.165, 1.54) is 25.7 Å². The number of fused-ring (bicyclic) bond motifs is 2. The quantitative estimate of drug-likeness (QED) is 0.544.